The first kappa shape index (κ1) is 49.3. The van der Waals surface area contributed by atoms with Crippen LogP contribution in [-0.4, -0.2) is 47.0 Å². The van der Waals surface area contributed by atoms with Gasteiger partial charge in [0.2, 0.25) is 0 Å². The monoisotopic (exact) mass is 940 g/mol. The molecule has 2 N–H and O–H groups in total. The van der Waals surface area contributed by atoms with E-state index in [2.05, 4.69) is 18.1 Å². The molecule has 3 aliphatic rings. The van der Waals surface area contributed by atoms with Crippen LogP contribution < -0.4 is 15.2 Å². The number of pyridine rings is 2. The number of fused-ring (bicyclic) bond motifs is 1. The Morgan fingerprint density at radius 2 is 1.35 bits per heavy atom. The maximum Gasteiger partial charge on any atom is 0.338 e. The minimum Gasteiger partial charge on any atom is -0.501 e. The van der Waals surface area contributed by atoms with Gasteiger partial charge in [-0.3, -0.25) is 14.8 Å². The Morgan fingerprint density at radius 1 is 0.768 bits per heavy atom. The van der Waals surface area contributed by atoms with Crippen molar-refractivity contribution in [2.75, 3.05) is 20.3 Å². The molecule has 14 heteroatoms. The topological polar surface area (TPSA) is 126 Å². The van der Waals surface area contributed by atoms with Crippen LogP contribution in [0.3, 0.4) is 0 Å². The van der Waals surface area contributed by atoms with E-state index in [1.807, 2.05) is 54.3 Å². The second kappa shape index (κ2) is 22.9. The number of amides is 1. The van der Waals surface area contributed by atoms with Crippen LogP contribution in [0.25, 0.3) is 18.2 Å². The average molecular weight is 941 g/mol. The summed E-state index contributed by atoms with van der Waals surface area (Å²) in [5.74, 6) is -2.31. The maximum absolute atomic E-state index is 14.0. The van der Waals surface area contributed by atoms with Crippen LogP contribution in [0.5, 0.6) is 23.0 Å². The number of nitrogens with two attached hydrogens (primary N) is 1. The number of hydrogen-bond acceptors (Lipinski definition) is 9. The molecule has 4 aromatic carbocycles. The normalized spacial score (nSPS) is 14.8. The van der Waals surface area contributed by atoms with Gasteiger partial charge in [0, 0.05) is 30.3 Å². The molecule has 2 aromatic heterocycles. The van der Waals surface area contributed by atoms with Gasteiger partial charge < -0.3 is 29.6 Å². The van der Waals surface area contributed by atoms with Crippen LogP contribution in [-0.2, 0) is 15.9 Å². The fourth-order valence-corrected chi connectivity index (χ4v) is 7.70. The number of halogens is 4. The highest BCUT2D eigenvalue weighted by Crippen LogP contribution is 2.46. The predicted octanol–water partition coefficient (Wildman–Crippen LogP) is 12.6. The van der Waals surface area contributed by atoms with E-state index in [-0.39, 0.29) is 40.8 Å². The third kappa shape index (κ3) is 12.9. The first-order chi connectivity index (χ1) is 33.4. The van der Waals surface area contributed by atoms with Crippen LogP contribution in [0, 0.1) is 35.1 Å². The Hall–Kier alpha value is -7.58. The van der Waals surface area contributed by atoms with Crippen molar-refractivity contribution >= 4 is 30.1 Å². The number of carbonyl (C=O) groups excluding carboxylic acids is 2. The summed E-state index contributed by atoms with van der Waals surface area (Å²) in [7, 11) is 1.26. The van der Waals surface area contributed by atoms with Gasteiger partial charge in [-0.2, -0.15) is 0 Å². The van der Waals surface area contributed by atoms with Gasteiger partial charge in [0.15, 0.2) is 23.1 Å². The molecule has 3 heterocycles. The van der Waals surface area contributed by atoms with Gasteiger partial charge in [0.1, 0.15) is 23.1 Å². The zero-order valence-corrected chi connectivity index (χ0v) is 38.3. The van der Waals surface area contributed by atoms with Gasteiger partial charge in [-0.25, -0.2) is 22.4 Å². The zero-order valence-electron chi connectivity index (χ0n) is 38.3. The number of benzene rings is 4. The summed E-state index contributed by atoms with van der Waals surface area (Å²) in [6, 6.07) is 27.6. The lowest BCUT2D eigenvalue weighted by atomic mass is 9.95. The Balaban J connectivity index is 0.000000167. The zero-order chi connectivity index (χ0) is 49.0. The minimum atomic E-state index is -0.838. The lowest BCUT2D eigenvalue weighted by molar-refractivity contribution is 0.0598. The molecule has 0 bridgehead atoms. The number of esters is 1. The highest BCUT2D eigenvalue weighted by atomic mass is 19.1. The number of nitrogens with zero attached hydrogens (tertiary/aromatic N) is 3. The van der Waals surface area contributed by atoms with Crippen molar-refractivity contribution in [2.45, 2.75) is 51.1 Å². The van der Waals surface area contributed by atoms with Crippen LogP contribution in [0.2, 0.25) is 0 Å². The van der Waals surface area contributed by atoms with E-state index in [9.17, 15) is 27.2 Å². The number of carbonyl (C=O) groups is 2. The minimum absolute atomic E-state index is 0.0843. The summed E-state index contributed by atoms with van der Waals surface area (Å²) in [5.41, 5.74) is 11.9. The number of rotatable bonds is 15. The molecule has 0 saturated heterocycles. The van der Waals surface area contributed by atoms with Crippen molar-refractivity contribution < 1.29 is 46.1 Å². The Bertz CT molecular complexity index is 2850. The summed E-state index contributed by atoms with van der Waals surface area (Å²) in [6.07, 6.45) is 11.9. The highest BCUT2D eigenvalue weighted by Gasteiger charge is 2.41. The van der Waals surface area contributed by atoms with E-state index in [0.29, 0.717) is 41.9 Å². The maximum atomic E-state index is 14.0. The molecule has 2 aliphatic carbocycles. The van der Waals surface area contributed by atoms with Gasteiger partial charge in [0.05, 0.1) is 54.4 Å². The summed E-state index contributed by atoms with van der Waals surface area (Å²) in [4.78, 5) is 36.4. The van der Waals surface area contributed by atoms with Crippen molar-refractivity contribution in [3.05, 3.63) is 197 Å². The van der Waals surface area contributed by atoms with E-state index in [4.69, 9.17) is 29.7 Å². The molecular weight excluding hydrogens is 889 g/mol. The summed E-state index contributed by atoms with van der Waals surface area (Å²) in [6.45, 7) is 10.4. The number of ether oxygens (including phenoxy) is 4. The average Bonchev–Trinajstić information content (AvgIpc) is 4.31. The standard InChI is InChI=1S/C26H22F2N2O2.C18H16F2O4.C11H14N2/c1-2-19-4-3-5-23(29-19)25(17-6-7-17)30-13-12-16-8-10-20(15-21(16)26(30)31)32-24-11-9-18(27)14-22(24)28;1-3-23-9-8-12-4-6-14(11-15(12)18(21)22-2)24-17-7-5-13(19)10-16(17)20;1-2-9-4-3-5-10(13-9)11(12)8-6-7-8/h2-5,8-11,14-15,17,25H,1,6-7,12-13H2;4-11H,3H2,1-2H3;2-5,8,11H,1,6-7,12H2/b;9-8+;/t25-;;/m1../s1. The molecule has 9 rings (SSSR count). The first-order valence-corrected chi connectivity index (χ1v) is 22.5. The van der Waals surface area contributed by atoms with Crippen LogP contribution in [0.15, 0.2) is 129 Å². The molecule has 356 valence electrons. The van der Waals surface area contributed by atoms with Crippen LogP contribution >= 0.6 is 0 Å². The largest absolute Gasteiger partial charge is 0.501 e. The molecule has 69 heavy (non-hydrogen) atoms. The summed E-state index contributed by atoms with van der Waals surface area (Å²) < 4.78 is 74.6. The number of methoxy groups -OCH3 is 1. The molecule has 10 nitrogen and oxygen atoms in total. The van der Waals surface area contributed by atoms with E-state index >= 15 is 0 Å². The van der Waals surface area contributed by atoms with E-state index in [1.165, 1.54) is 44.4 Å². The molecule has 0 radical (unpaired) electrons. The van der Waals surface area contributed by atoms with Gasteiger partial charge in [-0.15, -0.1) is 0 Å². The molecule has 2 atom stereocenters. The quantitative estimate of drug-likeness (QED) is 0.0608. The van der Waals surface area contributed by atoms with Gasteiger partial charge in [-0.05, 0) is 153 Å². The van der Waals surface area contributed by atoms with Gasteiger partial charge in [-0.1, -0.05) is 37.4 Å². The van der Waals surface area contributed by atoms with Crippen molar-refractivity contribution in [3.63, 3.8) is 0 Å². The Morgan fingerprint density at radius 3 is 1.91 bits per heavy atom. The van der Waals surface area contributed by atoms with Crippen molar-refractivity contribution in [1.29, 1.82) is 0 Å². The highest BCUT2D eigenvalue weighted by molar-refractivity contribution is 5.97. The lowest BCUT2D eigenvalue weighted by Gasteiger charge is -2.35. The number of hydrogen-bond donors (Lipinski definition) is 1. The molecular formula is C55H52F4N4O6. The molecule has 1 unspecified atom stereocenters. The molecule has 2 fully saturated rings. The molecule has 1 amide bonds. The smallest absolute Gasteiger partial charge is 0.338 e. The second-order valence-corrected chi connectivity index (χ2v) is 16.4. The molecule has 2 saturated carbocycles. The van der Waals surface area contributed by atoms with Crippen LogP contribution in [0.1, 0.15) is 99.3 Å². The predicted molar refractivity (Wildman–Crippen MR) is 256 cm³/mol. The lowest BCUT2D eigenvalue weighted by Crippen LogP contribution is -2.41. The van der Waals surface area contributed by atoms with Crippen molar-refractivity contribution in [2.24, 2.45) is 17.6 Å². The first-order valence-electron chi connectivity index (χ1n) is 22.5. The second-order valence-electron chi connectivity index (χ2n) is 16.4. The third-order valence-electron chi connectivity index (χ3n) is 11.6. The Kier molecular flexibility index (Phi) is 16.4. The SMILES string of the molecule is C=Cc1cccc(C(N)C2CC2)n1.C=Cc1cccc([C@@H](C2CC2)N2CCc3ccc(Oc4ccc(F)cc4F)cc3C2=O)n1.CCO/C=C/c1ccc(Oc2ccc(F)cc2F)cc1C(=O)OC. The van der Waals surface area contributed by atoms with E-state index in [1.54, 1.807) is 42.5 Å². The van der Waals surface area contributed by atoms with Crippen molar-refractivity contribution in [3.8, 4) is 23.0 Å². The third-order valence-corrected chi connectivity index (χ3v) is 11.6. The summed E-state index contributed by atoms with van der Waals surface area (Å²) >= 11 is 0. The van der Waals surface area contributed by atoms with Crippen molar-refractivity contribution in [1.82, 2.24) is 14.9 Å². The Labute approximate surface area is 398 Å². The molecule has 6 aromatic rings. The molecule has 0 spiro atoms. The van der Waals surface area contributed by atoms with E-state index in [0.717, 1.165) is 71.9 Å². The van der Waals surface area contributed by atoms with Gasteiger partial charge >= 0.3 is 5.97 Å². The van der Waals surface area contributed by atoms with Gasteiger partial charge in [0.25, 0.3) is 5.91 Å². The number of aromatic nitrogens is 2. The summed E-state index contributed by atoms with van der Waals surface area (Å²) in [5, 5.41) is 0. The van der Waals surface area contributed by atoms with E-state index < -0.39 is 29.2 Å². The van der Waals surface area contributed by atoms with Crippen LogP contribution in [0.4, 0.5) is 17.6 Å². The fourth-order valence-electron chi connectivity index (χ4n) is 7.70. The fraction of sp³-hybridized carbons (Fsp3) is 0.236. The molecule has 1 aliphatic heterocycles.